The standard InChI is InChI=1S/C18H17NO3/c1-14-6-5-9-16(12-14)19-17(20)13-22-18(21)11-10-15-7-3-2-4-8-15/h2-12H,13H2,1H3,(H,19,20)/b11-10+. The third-order valence-corrected chi connectivity index (χ3v) is 2.86. The summed E-state index contributed by atoms with van der Waals surface area (Å²) >= 11 is 0. The number of amides is 1. The fraction of sp³-hybridized carbons (Fsp3) is 0.111. The number of hydrogen-bond acceptors (Lipinski definition) is 3. The van der Waals surface area contributed by atoms with E-state index in [2.05, 4.69) is 5.32 Å². The van der Waals surface area contributed by atoms with Crippen molar-refractivity contribution in [3.8, 4) is 0 Å². The van der Waals surface area contributed by atoms with Gasteiger partial charge in [-0.3, -0.25) is 4.79 Å². The highest BCUT2D eigenvalue weighted by Crippen LogP contribution is 2.09. The molecule has 0 aliphatic heterocycles. The second-order valence-electron chi connectivity index (χ2n) is 4.77. The van der Waals surface area contributed by atoms with Crippen LogP contribution in [0.5, 0.6) is 0 Å². The lowest BCUT2D eigenvalue weighted by molar-refractivity contribution is -0.142. The van der Waals surface area contributed by atoms with Crippen molar-refractivity contribution >= 4 is 23.6 Å². The summed E-state index contributed by atoms with van der Waals surface area (Å²) in [5.41, 5.74) is 2.62. The number of carbonyl (C=O) groups is 2. The summed E-state index contributed by atoms with van der Waals surface area (Å²) in [7, 11) is 0. The summed E-state index contributed by atoms with van der Waals surface area (Å²) in [6, 6.07) is 16.8. The molecule has 0 saturated heterocycles. The Labute approximate surface area is 129 Å². The van der Waals surface area contributed by atoms with E-state index in [1.807, 2.05) is 55.5 Å². The van der Waals surface area contributed by atoms with Crippen LogP contribution in [0.15, 0.2) is 60.7 Å². The molecular formula is C18H17NO3. The monoisotopic (exact) mass is 295 g/mol. The maximum atomic E-state index is 11.7. The van der Waals surface area contributed by atoms with E-state index in [0.717, 1.165) is 11.1 Å². The molecule has 0 heterocycles. The van der Waals surface area contributed by atoms with Gasteiger partial charge in [-0.2, -0.15) is 0 Å². The molecule has 0 fully saturated rings. The Morgan fingerprint density at radius 1 is 1.09 bits per heavy atom. The molecule has 0 saturated carbocycles. The SMILES string of the molecule is Cc1cccc(NC(=O)COC(=O)/C=C/c2ccccc2)c1. The Morgan fingerprint density at radius 3 is 2.59 bits per heavy atom. The van der Waals surface area contributed by atoms with Gasteiger partial charge in [-0.05, 0) is 36.3 Å². The van der Waals surface area contributed by atoms with Crippen LogP contribution < -0.4 is 5.32 Å². The molecule has 0 aromatic heterocycles. The van der Waals surface area contributed by atoms with E-state index in [1.54, 1.807) is 12.1 Å². The number of esters is 1. The van der Waals surface area contributed by atoms with Crippen molar-refractivity contribution in [1.82, 2.24) is 0 Å². The number of carbonyl (C=O) groups excluding carboxylic acids is 2. The van der Waals surface area contributed by atoms with Gasteiger partial charge in [0.05, 0.1) is 0 Å². The van der Waals surface area contributed by atoms with Crippen molar-refractivity contribution in [1.29, 1.82) is 0 Å². The van der Waals surface area contributed by atoms with Crippen LogP contribution in [-0.4, -0.2) is 18.5 Å². The van der Waals surface area contributed by atoms with Gasteiger partial charge in [-0.1, -0.05) is 42.5 Å². The number of benzene rings is 2. The van der Waals surface area contributed by atoms with Gasteiger partial charge in [0.15, 0.2) is 6.61 Å². The van der Waals surface area contributed by atoms with Crippen LogP contribution in [0.1, 0.15) is 11.1 Å². The van der Waals surface area contributed by atoms with E-state index in [-0.39, 0.29) is 12.5 Å². The van der Waals surface area contributed by atoms with Gasteiger partial charge in [-0.25, -0.2) is 4.79 Å². The topological polar surface area (TPSA) is 55.4 Å². The average Bonchev–Trinajstić information content (AvgIpc) is 2.52. The predicted octanol–water partition coefficient (Wildman–Crippen LogP) is 3.19. The van der Waals surface area contributed by atoms with E-state index in [9.17, 15) is 9.59 Å². The van der Waals surface area contributed by atoms with Crippen molar-refractivity contribution < 1.29 is 14.3 Å². The maximum Gasteiger partial charge on any atom is 0.331 e. The lowest BCUT2D eigenvalue weighted by Crippen LogP contribution is -2.20. The minimum atomic E-state index is -0.553. The average molecular weight is 295 g/mol. The highest BCUT2D eigenvalue weighted by Gasteiger charge is 2.05. The third kappa shape index (κ3) is 5.25. The van der Waals surface area contributed by atoms with E-state index in [1.165, 1.54) is 6.08 Å². The Morgan fingerprint density at radius 2 is 1.86 bits per heavy atom. The summed E-state index contributed by atoms with van der Waals surface area (Å²) in [4.78, 5) is 23.2. The van der Waals surface area contributed by atoms with Crippen molar-refractivity contribution in [2.75, 3.05) is 11.9 Å². The third-order valence-electron chi connectivity index (χ3n) is 2.86. The van der Waals surface area contributed by atoms with Crippen LogP contribution in [0.2, 0.25) is 0 Å². The number of aryl methyl sites for hydroxylation is 1. The molecule has 112 valence electrons. The smallest absolute Gasteiger partial charge is 0.331 e. The number of hydrogen-bond donors (Lipinski definition) is 1. The van der Waals surface area contributed by atoms with E-state index in [4.69, 9.17) is 4.74 Å². The van der Waals surface area contributed by atoms with Crippen LogP contribution in [0, 0.1) is 6.92 Å². The first-order chi connectivity index (χ1) is 10.6. The molecule has 0 spiro atoms. The highest BCUT2D eigenvalue weighted by molar-refractivity contribution is 5.94. The van der Waals surface area contributed by atoms with E-state index in [0.29, 0.717) is 5.69 Å². The Balaban J connectivity index is 1.78. The molecule has 1 N–H and O–H groups in total. The summed E-state index contributed by atoms with van der Waals surface area (Å²) in [5, 5.41) is 2.67. The van der Waals surface area contributed by atoms with Gasteiger partial charge in [-0.15, -0.1) is 0 Å². The van der Waals surface area contributed by atoms with Crippen LogP contribution >= 0.6 is 0 Å². The first-order valence-corrected chi connectivity index (χ1v) is 6.90. The van der Waals surface area contributed by atoms with Gasteiger partial charge >= 0.3 is 5.97 Å². The summed E-state index contributed by atoms with van der Waals surface area (Å²) in [6.45, 7) is 1.62. The molecule has 22 heavy (non-hydrogen) atoms. The van der Waals surface area contributed by atoms with Crippen LogP contribution in [-0.2, 0) is 14.3 Å². The number of ether oxygens (including phenoxy) is 1. The van der Waals surface area contributed by atoms with Crippen LogP contribution in [0.3, 0.4) is 0 Å². The zero-order chi connectivity index (χ0) is 15.8. The first-order valence-electron chi connectivity index (χ1n) is 6.90. The normalized spacial score (nSPS) is 10.4. The molecule has 4 nitrogen and oxygen atoms in total. The molecule has 2 rings (SSSR count). The number of nitrogens with one attached hydrogen (secondary N) is 1. The van der Waals surface area contributed by atoms with E-state index < -0.39 is 5.97 Å². The minimum absolute atomic E-state index is 0.314. The summed E-state index contributed by atoms with van der Waals surface area (Å²) in [5.74, 6) is -0.921. The Kier molecular flexibility index (Phi) is 5.49. The molecule has 0 bridgehead atoms. The van der Waals surface area contributed by atoms with Gasteiger partial charge < -0.3 is 10.1 Å². The lowest BCUT2D eigenvalue weighted by atomic mass is 10.2. The van der Waals surface area contributed by atoms with E-state index >= 15 is 0 Å². The Bertz CT molecular complexity index is 678. The lowest BCUT2D eigenvalue weighted by Gasteiger charge is -2.06. The second-order valence-corrected chi connectivity index (χ2v) is 4.77. The second kappa shape index (κ2) is 7.78. The van der Waals surface area contributed by atoms with Crippen molar-refractivity contribution in [3.05, 3.63) is 71.8 Å². The van der Waals surface area contributed by atoms with Crippen LogP contribution in [0.25, 0.3) is 6.08 Å². The first kappa shape index (κ1) is 15.5. The molecule has 4 heteroatoms. The highest BCUT2D eigenvalue weighted by atomic mass is 16.5. The van der Waals surface area contributed by atoms with Crippen molar-refractivity contribution in [3.63, 3.8) is 0 Å². The van der Waals surface area contributed by atoms with Crippen LogP contribution in [0.4, 0.5) is 5.69 Å². The molecular weight excluding hydrogens is 278 g/mol. The fourth-order valence-corrected chi connectivity index (χ4v) is 1.83. The molecule has 0 radical (unpaired) electrons. The molecule has 0 aliphatic carbocycles. The van der Waals surface area contributed by atoms with Gasteiger partial charge in [0, 0.05) is 11.8 Å². The molecule has 2 aromatic carbocycles. The number of rotatable bonds is 5. The van der Waals surface area contributed by atoms with Gasteiger partial charge in [0.1, 0.15) is 0 Å². The molecule has 0 unspecified atom stereocenters. The summed E-state index contributed by atoms with van der Waals surface area (Å²) in [6.07, 6.45) is 2.94. The maximum absolute atomic E-state index is 11.7. The van der Waals surface area contributed by atoms with Crippen molar-refractivity contribution in [2.45, 2.75) is 6.92 Å². The molecule has 1 amide bonds. The quantitative estimate of drug-likeness (QED) is 0.681. The van der Waals surface area contributed by atoms with Crippen molar-refractivity contribution in [2.24, 2.45) is 0 Å². The fourth-order valence-electron chi connectivity index (χ4n) is 1.83. The van der Waals surface area contributed by atoms with Gasteiger partial charge in [0.2, 0.25) is 0 Å². The molecule has 0 aliphatic rings. The summed E-state index contributed by atoms with van der Waals surface area (Å²) < 4.78 is 4.89. The number of anilines is 1. The Hall–Kier alpha value is -2.88. The minimum Gasteiger partial charge on any atom is -0.452 e. The predicted molar refractivity (Wildman–Crippen MR) is 86.2 cm³/mol. The molecule has 0 atom stereocenters. The molecule has 2 aromatic rings. The van der Waals surface area contributed by atoms with Gasteiger partial charge in [0.25, 0.3) is 5.91 Å². The zero-order valence-corrected chi connectivity index (χ0v) is 12.3. The largest absolute Gasteiger partial charge is 0.452 e. The zero-order valence-electron chi connectivity index (χ0n) is 12.3.